The van der Waals surface area contributed by atoms with Gasteiger partial charge in [0, 0.05) is 26.2 Å². The summed E-state index contributed by atoms with van der Waals surface area (Å²) in [4.78, 5) is 28.2. The summed E-state index contributed by atoms with van der Waals surface area (Å²) in [6.45, 7) is 6.68. The van der Waals surface area contributed by atoms with Crippen LogP contribution in [0, 0.1) is 5.92 Å². The molecule has 0 saturated carbocycles. The molecule has 0 aliphatic carbocycles. The van der Waals surface area contributed by atoms with Gasteiger partial charge in [-0.3, -0.25) is 14.5 Å². The lowest BCUT2D eigenvalue weighted by Crippen LogP contribution is -2.55. The van der Waals surface area contributed by atoms with Crippen LogP contribution >= 0.6 is 11.6 Å². The predicted molar refractivity (Wildman–Crippen MR) is 95.9 cm³/mol. The number of carbonyl (C=O) groups excluding carboxylic acids is 2. The van der Waals surface area contributed by atoms with Crippen molar-refractivity contribution in [2.45, 2.75) is 19.9 Å². The molecule has 1 aliphatic heterocycles. The van der Waals surface area contributed by atoms with E-state index in [9.17, 15) is 9.59 Å². The zero-order chi connectivity index (χ0) is 17.7. The highest BCUT2D eigenvalue weighted by Gasteiger charge is 2.27. The van der Waals surface area contributed by atoms with E-state index in [-0.39, 0.29) is 24.3 Å². The predicted octanol–water partition coefficient (Wildman–Crippen LogP) is 1.41. The largest absolute Gasteiger partial charge is 0.339 e. The molecule has 2 rings (SSSR count). The minimum atomic E-state index is -0.458. The molecule has 3 N–H and O–H groups in total. The second-order valence-electron chi connectivity index (χ2n) is 6.40. The molecular weight excluding hydrogens is 328 g/mol. The van der Waals surface area contributed by atoms with Gasteiger partial charge in [0.2, 0.25) is 11.8 Å². The van der Waals surface area contributed by atoms with Crippen molar-refractivity contribution in [3.8, 4) is 0 Å². The molecule has 0 unspecified atom stereocenters. The first-order valence-corrected chi connectivity index (χ1v) is 8.57. The number of amides is 2. The molecule has 1 aromatic rings. The molecule has 1 heterocycles. The highest BCUT2D eigenvalue weighted by atomic mass is 35.5. The van der Waals surface area contributed by atoms with Crippen LogP contribution in [0.5, 0.6) is 0 Å². The molecule has 7 heteroatoms. The van der Waals surface area contributed by atoms with Gasteiger partial charge >= 0.3 is 0 Å². The summed E-state index contributed by atoms with van der Waals surface area (Å²) in [6.07, 6.45) is 0. The third-order valence-corrected chi connectivity index (χ3v) is 4.53. The number of halogens is 1. The number of piperazine rings is 1. The molecule has 0 radical (unpaired) electrons. The monoisotopic (exact) mass is 352 g/mol. The maximum absolute atomic E-state index is 12.2. The summed E-state index contributed by atoms with van der Waals surface area (Å²) >= 11 is 6.04. The smallest absolute Gasteiger partial charge is 0.239 e. The molecule has 1 atom stereocenters. The lowest BCUT2D eigenvalue weighted by Gasteiger charge is -2.36. The Morgan fingerprint density at radius 3 is 2.42 bits per heavy atom. The summed E-state index contributed by atoms with van der Waals surface area (Å²) in [5.74, 6) is 0.00357. The van der Waals surface area contributed by atoms with Crippen LogP contribution in [0.2, 0.25) is 5.02 Å². The summed E-state index contributed by atoms with van der Waals surface area (Å²) in [7, 11) is 0. The van der Waals surface area contributed by atoms with Crippen LogP contribution in [-0.2, 0) is 9.59 Å². The highest BCUT2D eigenvalue weighted by Crippen LogP contribution is 2.20. The average molecular weight is 353 g/mol. The van der Waals surface area contributed by atoms with Crippen molar-refractivity contribution < 1.29 is 9.59 Å². The van der Waals surface area contributed by atoms with E-state index in [1.54, 1.807) is 17.0 Å². The lowest BCUT2D eigenvalue weighted by molar-refractivity contribution is -0.135. The van der Waals surface area contributed by atoms with Crippen LogP contribution < -0.4 is 11.1 Å². The van der Waals surface area contributed by atoms with Gasteiger partial charge in [0.15, 0.2) is 0 Å². The molecule has 0 spiro atoms. The molecular formula is C17H25ClN4O2. The average Bonchev–Trinajstić information content (AvgIpc) is 2.56. The number of para-hydroxylation sites is 1. The number of nitrogens with two attached hydrogens (primary N) is 1. The Morgan fingerprint density at radius 2 is 1.83 bits per heavy atom. The van der Waals surface area contributed by atoms with Crippen LogP contribution in [0.4, 0.5) is 5.69 Å². The number of hydrogen-bond acceptors (Lipinski definition) is 4. The first-order chi connectivity index (χ1) is 11.4. The Morgan fingerprint density at radius 1 is 1.21 bits per heavy atom. The van der Waals surface area contributed by atoms with Gasteiger partial charge in [-0.1, -0.05) is 37.6 Å². The summed E-state index contributed by atoms with van der Waals surface area (Å²) in [5, 5.41) is 3.33. The lowest BCUT2D eigenvalue weighted by atomic mass is 10.0. The van der Waals surface area contributed by atoms with E-state index in [2.05, 4.69) is 5.32 Å². The Hall–Kier alpha value is -1.63. The molecule has 0 bridgehead atoms. The Labute approximate surface area is 147 Å². The maximum atomic E-state index is 12.2. The van der Waals surface area contributed by atoms with E-state index in [4.69, 9.17) is 17.3 Å². The summed E-state index contributed by atoms with van der Waals surface area (Å²) in [5.41, 5.74) is 6.54. The fraction of sp³-hybridized carbons (Fsp3) is 0.529. The number of anilines is 1. The highest BCUT2D eigenvalue weighted by molar-refractivity contribution is 6.33. The van der Waals surface area contributed by atoms with Crippen LogP contribution in [0.1, 0.15) is 13.8 Å². The van der Waals surface area contributed by atoms with Gasteiger partial charge in [0.1, 0.15) is 0 Å². The standard InChI is InChI=1S/C17H25ClN4O2/c1-12(2)16(19)17(24)22-9-7-21(8-10-22)11-15(23)20-14-6-4-3-5-13(14)18/h3-6,12,16H,7-11,19H2,1-2H3,(H,20,23)/t16-/m0/s1. The Balaban J connectivity index is 1.80. The second-order valence-corrected chi connectivity index (χ2v) is 6.81. The van der Waals surface area contributed by atoms with Crippen molar-refractivity contribution in [1.29, 1.82) is 0 Å². The van der Waals surface area contributed by atoms with E-state index in [1.807, 2.05) is 30.9 Å². The zero-order valence-corrected chi connectivity index (χ0v) is 14.9. The third kappa shape index (κ3) is 4.93. The molecule has 1 aliphatic rings. The van der Waals surface area contributed by atoms with Gasteiger partial charge in [0.05, 0.1) is 23.3 Å². The van der Waals surface area contributed by atoms with Crippen molar-refractivity contribution in [3.63, 3.8) is 0 Å². The number of benzene rings is 1. The molecule has 2 amide bonds. The SMILES string of the molecule is CC(C)[C@H](N)C(=O)N1CCN(CC(=O)Nc2ccccc2Cl)CC1. The van der Waals surface area contributed by atoms with E-state index < -0.39 is 6.04 Å². The first-order valence-electron chi connectivity index (χ1n) is 8.19. The van der Waals surface area contributed by atoms with Crippen LogP contribution in [0.3, 0.4) is 0 Å². The molecule has 0 aromatic heterocycles. The van der Waals surface area contributed by atoms with E-state index in [0.717, 1.165) is 0 Å². The van der Waals surface area contributed by atoms with Gasteiger partial charge in [-0.05, 0) is 18.1 Å². The van der Waals surface area contributed by atoms with Crippen molar-refractivity contribution in [2.24, 2.45) is 11.7 Å². The Bertz CT molecular complexity index is 586. The quantitative estimate of drug-likeness (QED) is 0.839. The third-order valence-electron chi connectivity index (χ3n) is 4.20. The molecule has 1 saturated heterocycles. The van der Waals surface area contributed by atoms with Crippen LogP contribution in [-0.4, -0.2) is 60.4 Å². The molecule has 24 heavy (non-hydrogen) atoms. The van der Waals surface area contributed by atoms with Gasteiger partial charge in [-0.15, -0.1) is 0 Å². The molecule has 6 nitrogen and oxygen atoms in total. The van der Waals surface area contributed by atoms with Crippen molar-refractivity contribution in [1.82, 2.24) is 9.80 Å². The van der Waals surface area contributed by atoms with Gasteiger partial charge in [-0.25, -0.2) is 0 Å². The number of nitrogens with zero attached hydrogens (tertiary/aromatic N) is 2. The van der Waals surface area contributed by atoms with E-state index in [0.29, 0.717) is 36.9 Å². The molecule has 1 aromatic carbocycles. The van der Waals surface area contributed by atoms with Gasteiger partial charge < -0.3 is 16.0 Å². The molecule has 1 fully saturated rings. The Kier molecular flexibility index (Phi) is 6.60. The minimum Gasteiger partial charge on any atom is -0.339 e. The van der Waals surface area contributed by atoms with Gasteiger partial charge in [0.25, 0.3) is 0 Å². The first kappa shape index (κ1) is 18.7. The van der Waals surface area contributed by atoms with Crippen molar-refractivity contribution in [3.05, 3.63) is 29.3 Å². The zero-order valence-electron chi connectivity index (χ0n) is 14.2. The fourth-order valence-corrected chi connectivity index (χ4v) is 2.76. The van der Waals surface area contributed by atoms with Crippen molar-refractivity contribution in [2.75, 3.05) is 38.0 Å². The summed E-state index contributed by atoms with van der Waals surface area (Å²) in [6, 6.07) is 6.68. The maximum Gasteiger partial charge on any atom is 0.239 e. The van der Waals surface area contributed by atoms with E-state index >= 15 is 0 Å². The van der Waals surface area contributed by atoms with Crippen LogP contribution in [0.15, 0.2) is 24.3 Å². The number of rotatable bonds is 5. The normalized spacial score (nSPS) is 17.0. The van der Waals surface area contributed by atoms with E-state index in [1.165, 1.54) is 0 Å². The molecule has 132 valence electrons. The second kappa shape index (κ2) is 8.46. The van der Waals surface area contributed by atoms with Gasteiger partial charge in [-0.2, -0.15) is 0 Å². The number of hydrogen-bond donors (Lipinski definition) is 2. The summed E-state index contributed by atoms with van der Waals surface area (Å²) < 4.78 is 0. The minimum absolute atomic E-state index is 0.00910. The topological polar surface area (TPSA) is 78.7 Å². The number of carbonyl (C=O) groups is 2. The van der Waals surface area contributed by atoms with Crippen LogP contribution in [0.25, 0.3) is 0 Å². The van der Waals surface area contributed by atoms with Crippen molar-refractivity contribution >= 4 is 29.1 Å². The number of nitrogens with one attached hydrogen (secondary N) is 1. The fourth-order valence-electron chi connectivity index (χ4n) is 2.58.